The van der Waals surface area contributed by atoms with Gasteiger partial charge in [-0.05, 0) is 12.3 Å². The van der Waals surface area contributed by atoms with E-state index in [-0.39, 0.29) is 35.8 Å². The molecule has 3 heterocycles. The van der Waals surface area contributed by atoms with Gasteiger partial charge in [-0.3, -0.25) is 9.48 Å². The molecule has 0 spiro atoms. The minimum absolute atomic E-state index is 0.00105. The smallest absolute Gasteiger partial charge is 0.343 e. The number of ether oxygens (including phenoxy) is 2. The Morgan fingerprint density at radius 2 is 2.07 bits per heavy atom. The summed E-state index contributed by atoms with van der Waals surface area (Å²) in [7, 11) is 0. The number of aliphatic hydroxyl groups is 1. The van der Waals surface area contributed by atoms with Gasteiger partial charge in [0.1, 0.15) is 22.4 Å². The van der Waals surface area contributed by atoms with Crippen molar-refractivity contribution >= 4 is 17.6 Å². The van der Waals surface area contributed by atoms with Gasteiger partial charge in [0, 0.05) is 25.1 Å². The van der Waals surface area contributed by atoms with Crippen LogP contribution >= 0.6 is 11.6 Å². The van der Waals surface area contributed by atoms with Gasteiger partial charge in [0.2, 0.25) is 0 Å². The molecule has 0 radical (unpaired) electrons. The number of aliphatic hydroxyl groups excluding tert-OH is 1. The van der Waals surface area contributed by atoms with E-state index in [9.17, 15) is 14.7 Å². The molecule has 1 fully saturated rings. The zero-order valence-corrected chi connectivity index (χ0v) is 18.3. The molecule has 4 rings (SSSR count). The molecule has 1 aliphatic carbocycles. The number of rotatable bonds is 4. The van der Waals surface area contributed by atoms with Crippen LogP contribution in [-0.4, -0.2) is 44.2 Å². The average Bonchev–Trinajstić information content (AvgIpc) is 2.94. The normalized spacial score (nSPS) is 22.7. The van der Waals surface area contributed by atoms with Crippen LogP contribution in [0.25, 0.3) is 11.4 Å². The van der Waals surface area contributed by atoms with Crippen LogP contribution in [0.15, 0.2) is 17.1 Å². The van der Waals surface area contributed by atoms with Gasteiger partial charge in [-0.1, -0.05) is 32.4 Å². The van der Waals surface area contributed by atoms with Gasteiger partial charge < -0.3 is 19.1 Å². The minimum Gasteiger partial charge on any atom is -0.472 e. The van der Waals surface area contributed by atoms with E-state index in [0.29, 0.717) is 41.7 Å². The molecule has 9 heteroatoms. The fourth-order valence-corrected chi connectivity index (χ4v) is 4.24. The summed E-state index contributed by atoms with van der Waals surface area (Å²) in [5.74, 6) is -0.338. The van der Waals surface area contributed by atoms with Crippen LogP contribution in [0.3, 0.4) is 0 Å². The zero-order chi connectivity index (χ0) is 21.8. The predicted molar refractivity (Wildman–Crippen MR) is 111 cm³/mol. The Labute approximate surface area is 179 Å². The number of aromatic nitrogens is 3. The van der Waals surface area contributed by atoms with Gasteiger partial charge in [0.15, 0.2) is 5.43 Å². The zero-order valence-electron chi connectivity index (χ0n) is 17.5. The first kappa shape index (κ1) is 20.9. The lowest BCUT2D eigenvalue weighted by Gasteiger charge is -2.38. The molecule has 0 saturated heterocycles. The van der Waals surface area contributed by atoms with Gasteiger partial charge >= 0.3 is 5.97 Å². The van der Waals surface area contributed by atoms with Gasteiger partial charge in [-0.25, -0.2) is 4.79 Å². The summed E-state index contributed by atoms with van der Waals surface area (Å²) in [6, 6.07) is 1.34. The van der Waals surface area contributed by atoms with Crippen LogP contribution in [0, 0.1) is 5.41 Å². The van der Waals surface area contributed by atoms with E-state index in [4.69, 9.17) is 21.1 Å². The summed E-state index contributed by atoms with van der Waals surface area (Å²) in [5, 5.41) is 14.4. The lowest BCUT2D eigenvalue weighted by Crippen LogP contribution is -2.37. The largest absolute Gasteiger partial charge is 0.472 e. The van der Waals surface area contributed by atoms with Crippen molar-refractivity contribution in [2.75, 3.05) is 6.61 Å². The maximum atomic E-state index is 12.7. The summed E-state index contributed by atoms with van der Waals surface area (Å²) in [6.07, 6.45) is 2.18. The summed E-state index contributed by atoms with van der Waals surface area (Å²) in [5.41, 5.74) is 0.548. The van der Waals surface area contributed by atoms with E-state index in [0.717, 1.165) is 0 Å². The van der Waals surface area contributed by atoms with Gasteiger partial charge in [-0.15, -0.1) is 5.10 Å². The van der Waals surface area contributed by atoms with Crippen LogP contribution in [0.4, 0.5) is 0 Å². The fourth-order valence-electron chi connectivity index (χ4n) is 3.96. The Bertz CT molecular complexity index is 1050. The summed E-state index contributed by atoms with van der Waals surface area (Å²) < 4.78 is 14.6. The monoisotopic (exact) mass is 435 g/mol. The second kappa shape index (κ2) is 7.42. The number of halogens is 1. The summed E-state index contributed by atoms with van der Waals surface area (Å²) in [6.45, 7) is 8.67. The lowest BCUT2D eigenvalue weighted by molar-refractivity contribution is -0.0131. The number of fused-ring (bicyclic) bond motifs is 3. The number of carbonyl (C=O) groups is 1. The van der Waals surface area contributed by atoms with Crippen LogP contribution < -0.4 is 10.2 Å². The van der Waals surface area contributed by atoms with Crippen molar-refractivity contribution in [3.63, 3.8) is 0 Å². The molecule has 30 heavy (non-hydrogen) atoms. The molecule has 8 nitrogen and oxygen atoms in total. The quantitative estimate of drug-likeness (QED) is 0.741. The first-order chi connectivity index (χ1) is 14.1. The molecule has 2 aromatic rings. The summed E-state index contributed by atoms with van der Waals surface area (Å²) >= 11 is 6.62. The molecule has 2 aromatic heterocycles. The molecular weight excluding hydrogens is 410 g/mol. The predicted octanol–water partition coefficient (Wildman–Crippen LogP) is 3.04. The molecule has 0 amide bonds. The molecule has 0 unspecified atom stereocenters. The maximum absolute atomic E-state index is 12.7. The number of hydrogen-bond acceptors (Lipinski definition) is 6. The van der Waals surface area contributed by atoms with Crippen LogP contribution in [0.5, 0.6) is 5.88 Å². The Kier molecular flexibility index (Phi) is 5.18. The van der Waals surface area contributed by atoms with Crippen LogP contribution in [0.2, 0.25) is 5.02 Å². The van der Waals surface area contributed by atoms with Gasteiger partial charge in [-0.2, -0.15) is 0 Å². The Morgan fingerprint density at radius 3 is 2.67 bits per heavy atom. The standard InChI is InChI=1S/C21H26ClN3O5/c1-5-29-20(28)13-9-24-14(8-15(13)27)18-17(22)19(30-12-6-11(26)7-12)23-25(18)10-16(24)21(2,3)4/h8-9,11-12,16,26H,5-7,10H2,1-4H3/t11?,12?,16-/m0/s1. The van der Waals surface area contributed by atoms with Crippen molar-refractivity contribution in [1.29, 1.82) is 0 Å². The molecule has 0 bridgehead atoms. The van der Waals surface area contributed by atoms with E-state index < -0.39 is 11.4 Å². The number of hydrogen-bond donors (Lipinski definition) is 1. The van der Waals surface area contributed by atoms with E-state index in [1.54, 1.807) is 17.8 Å². The Balaban J connectivity index is 1.83. The maximum Gasteiger partial charge on any atom is 0.343 e. The van der Waals surface area contributed by atoms with Gasteiger partial charge in [0.25, 0.3) is 5.88 Å². The second-order valence-electron chi connectivity index (χ2n) is 8.96. The van der Waals surface area contributed by atoms with E-state index in [1.807, 2.05) is 4.57 Å². The molecule has 1 N–H and O–H groups in total. The first-order valence-electron chi connectivity index (χ1n) is 10.1. The minimum atomic E-state index is -0.636. The third-order valence-electron chi connectivity index (χ3n) is 5.71. The van der Waals surface area contributed by atoms with Crippen molar-refractivity contribution in [2.45, 2.75) is 65.3 Å². The number of esters is 1. The Hall–Kier alpha value is -2.32. The molecule has 1 atom stereocenters. The van der Waals surface area contributed by atoms with Crippen LogP contribution in [-0.2, 0) is 11.3 Å². The second-order valence-corrected chi connectivity index (χ2v) is 9.34. The number of nitrogens with zero attached hydrogens (tertiary/aromatic N) is 3. The highest BCUT2D eigenvalue weighted by Crippen LogP contribution is 2.44. The molecule has 1 saturated carbocycles. The van der Waals surface area contributed by atoms with Crippen LogP contribution in [0.1, 0.15) is 56.9 Å². The van der Waals surface area contributed by atoms with Crippen molar-refractivity contribution < 1.29 is 19.4 Å². The molecular formula is C21H26ClN3O5. The molecule has 0 aromatic carbocycles. The molecule has 1 aliphatic heterocycles. The number of carbonyl (C=O) groups excluding carboxylic acids is 1. The topological polar surface area (TPSA) is 95.6 Å². The SMILES string of the molecule is CCOC(=O)c1cn2c(cc1=O)-c1c(Cl)c(OC3CC(O)C3)nn1C[C@H]2C(C)(C)C. The summed E-state index contributed by atoms with van der Waals surface area (Å²) in [4.78, 5) is 25.0. The first-order valence-corrected chi connectivity index (χ1v) is 10.5. The van der Waals surface area contributed by atoms with E-state index >= 15 is 0 Å². The van der Waals surface area contributed by atoms with E-state index in [1.165, 1.54) is 6.07 Å². The van der Waals surface area contributed by atoms with E-state index in [2.05, 4.69) is 25.9 Å². The third-order valence-corrected chi connectivity index (χ3v) is 6.05. The van der Waals surface area contributed by atoms with Crippen molar-refractivity contribution in [1.82, 2.24) is 14.3 Å². The Morgan fingerprint density at radius 1 is 1.37 bits per heavy atom. The average molecular weight is 436 g/mol. The third kappa shape index (κ3) is 3.52. The van der Waals surface area contributed by atoms with Crippen molar-refractivity contribution in [3.05, 3.63) is 33.1 Å². The highest BCUT2D eigenvalue weighted by molar-refractivity contribution is 6.34. The van der Waals surface area contributed by atoms with Crippen molar-refractivity contribution in [2.24, 2.45) is 5.41 Å². The van der Waals surface area contributed by atoms with Crippen molar-refractivity contribution in [3.8, 4) is 17.3 Å². The highest BCUT2D eigenvalue weighted by Gasteiger charge is 2.38. The fraction of sp³-hybridized carbons (Fsp3) is 0.571. The molecule has 2 aliphatic rings. The molecule has 162 valence electrons. The number of pyridine rings is 1. The lowest BCUT2D eigenvalue weighted by atomic mass is 9.85. The highest BCUT2D eigenvalue weighted by atomic mass is 35.5. The van der Waals surface area contributed by atoms with Gasteiger partial charge in [0.05, 0.1) is 31.0 Å².